The minimum atomic E-state index is -0.613. The van der Waals surface area contributed by atoms with Gasteiger partial charge in [-0.1, -0.05) is 32.4 Å². The lowest BCUT2D eigenvalue weighted by molar-refractivity contribution is -0.145. The Hall–Kier alpha value is -1.80. The number of hydrogen-bond donors (Lipinski definition) is 1. The van der Waals surface area contributed by atoms with Gasteiger partial charge in [-0.05, 0) is 39.0 Å². The van der Waals surface area contributed by atoms with Gasteiger partial charge in [0.25, 0.3) is 0 Å². The second kappa shape index (κ2) is 12.0. The van der Waals surface area contributed by atoms with Crippen molar-refractivity contribution in [3.8, 4) is 0 Å². The summed E-state index contributed by atoms with van der Waals surface area (Å²) < 4.78 is -0.591. The average Bonchev–Trinajstić information content (AvgIpc) is 3.47. The largest absolute Gasteiger partial charge is 0.396 e. The highest BCUT2D eigenvalue weighted by atomic mass is 32.2. The predicted octanol–water partition coefficient (Wildman–Crippen LogP) is 3.09. The Bertz CT molecular complexity index is 820. The fraction of sp³-hybridized carbons (Fsp3) is 0.741. The first-order valence-corrected chi connectivity index (χ1v) is 14.1. The molecule has 0 radical (unpaired) electrons. The molecule has 3 saturated heterocycles. The molecule has 6 atom stereocenters. The third kappa shape index (κ3) is 4.93. The van der Waals surface area contributed by atoms with Crippen molar-refractivity contribution < 1.29 is 19.5 Å². The van der Waals surface area contributed by atoms with E-state index in [2.05, 4.69) is 27.0 Å². The van der Waals surface area contributed by atoms with E-state index in [1.54, 1.807) is 28.8 Å². The van der Waals surface area contributed by atoms with Gasteiger partial charge in [-0.3, -0.25) is 14.4 Å². The molecule has 3 aliphatic rings. The van der Waals surface area contributed by atoms with Crippen LogP contribution in [0.1, 0.15) is 59.3 Å². The lowest BCUT2D eigenvalue weighted by Gasteiger charge is -2.39. The molecular weight excluding hydrogens is 462 g/mol. The van der Waals surface area contributed by atoms with E-state index in [1.165, 1.54) is 0 Å². The van der Waals surface area contributed by atoms with Crippen LogP contribution in [0.4, 0.5) is 0 Å². The van der Waals surface area contributed by atoms with E-state index in [4.69, 9.17) is 0 Å². The van der Waals surface area contributed by atoms with Crippen LogP contribution in [0.3, 0.4) is 0 Å². The molecule has 1 spiro atoms. The van der Waals surface area contributed by atoms with Crippen LogP contribution < -0.4 is 0 Å². The SMILES string of the molecule is C=CCN(CCC)C(=O)[C@@H]1[C@H]2C(=O)N(CCCO)C(C(=O)N(CC=C)C(C)CCC)C23CC[C@H]1S3. The fourth-order valence-electron chi connectivity index (χ4n) is 6.48. The van der Waals surface area contributed by atoms with Gasteiger partial charge in [-0.25, -0.2) is 0 Å². The van der Waals surface area contributed by atoms with Gasteiger partial charge in [-0.15, -0.1) is 24.9 Å². The van der Waals surface area contributed by atoms with E-state index in [-0.39, 0.29) is 35.6 Å². The zero-order chi connectivity index (χ0) is 25.8. The van der Waals surface area contributed by atoms with Crippen molar-refractivity contribution in [2.75, 3.05) is 32.8 Å². The first-order chi connectivity index (χ1) is 16.8. The molecule has 8 heteroatoms. The van der Waals surface area contributed by atoms with Crippen molar-refractivity contribution in [3.63, 3.8) is 0 Å². The number of hydrogen-bond acceptors (Lipinski definition) is 5. The zero-order valence-corrected chi connectivity index (χ0v) is 22.5. The van der Waals surface area contributed by atoms with E-state index >= 15 is 0 Å². The highest BCUT2D eigenvalue weighted by molar-refractivity contribution is 8.02. The molecule has 0 aromatic heterocycles. The molecule has 2 bridgehead atoms. The van der Waals surface area contributed by atoms with Crippen LogP contribution >= 0.6 is 11.8 Å². The molecule has 3 fully saturated rings. The van der Waals surface area contributed by atoms with Crippen LogP contribution in [0, 0.1) is 11.8 Å². The number of carbonyl (C=O) groups excluding carboxylic acids is 3. The second-order valence-corrected chi connectivity index (χ2v) is 11.8. The summed E-state index contributed by atoms with van der Waals surface area (Å²) >= 11 is 1.71. The first kappa shape index (κ1) is 27.8. The van der Waals surface area contributed by atoms with E-state index in [0.717, 1.165) is 32.1 Å². The molecule has 0 saturated carbocycles. The summed E-state index contributed by atoms with van der Waals surface area (Å²) in [5.74, 6) is -1.04. The molecule has 3 amide bonds. The number of amides is 3. The number of aliphatic hydroxyl groups is 1. The molecule has 0 aliphatic carbocycles. The number of fused-ring (bicyclic) bond motifs is 1. The van der Waals surface area contributed by atoms with E-state index in [9.17, 15) is 19.5 Å². The van der Waals surface area contributed by atoms with Crippen LogP contribution in [-0.4, -0.2) is 92.4 Å². The molecule has 0 aromatic carbocycles. The summed E-state index contributed by atoms with van der Waals surface area (Å²) in [6, 6.07) is -0.581. The summed E-state index contributed by atoms with van der Waals surface area (Å²) in [5.41, 5.74) is 0. The van der Waals surface area contributed by atoms with Crippen LogP contribution in [-0.2, 0) is 14.4 Å². The Balaban J connectivity index is 2.01. The number of rotatable bonds is 14. The molecular formula is C27H43N3O4S. The lowest BCUT2D eigenvalue weighted by Crippen LogP contribution is -2.56. The van der Waals surface area contributed by atoms with E-state index in [0.29, 0.717) is 32.6 Å². The molecule has 35 heavy (non-hydrogen) atoms. The monoisotopic (exact) mass is 505 g/mol. The summed E-state index contributed by atoms with van der Waals surface area (Å²) in [5, 5.41) is 9.58. The van der Waals surface area contributed by atoms with E-state index in [1.807, 2.05) is 16.7 Å². The van der Waals surface area contributed by atoms with Crippen molar-refractivity contribution >= 4 is 29.5 Å². The van der Waals surface area contributed by atoms with Gasteiger partial charge in [-0.2, -0.15) is 0 Å². The summed E-state index contributed by atoms with van der Waals surface area (Å²) in [6.45, 7) is 15.7. The Morgan fingerprint density at radius 2 is 1.94 bits per heavy atom. The Morgan fingerprint density at radius 1 is 1.23 bits per heavy atom. The molecule has 7 nitrogen and oxygen atoms in total. The molecule has 3 unspecified atom stereocenters. The van der Waals surface area contributed by atoms with Crippen molar-refractivity contribution in [1.29, 1.82) is 0 Å². The van der Waals surface area contributed by atoms with Crippen LogP contribution in [0.5, 0.6) is 0 Å². The third-order valence-corrected chi connectivity index (χ3v) is 9.83. The highest BCUT2D eigenvalue weighted by Gasteiger charge is 2.74. The number of thioether (sulfide) groups is 1. The molecule has 0 aromatic rings. The zero-order valence-electron chi connectivity index (χ0n) is 21.7. The van der Waals surface area contributed by atoms with E-state index < -0.39 is 22.6 Å². The van der Waals surface area contributed by atoms with Crippen molar-refractivity contribution in [3.05, 3.63) is 25.3 Å². The minimum Gasteiger partial charge on any atom is -0.396 e. The fourth-order valence-corrected chi connectivity index (χ4v) is 8.69. The first-order valence-electron chi connectivity index (χ1n) is 13.2. The van der Waals surface area contributed by atoms with Crippen LogP contribution in [0.2, 0.25) is 0 Å². The molecule has 3 rings (SSSR count). The quantitative estimate of drug-likeness (QED) is 0.367. The summed E-state index contributed by atoms with van der Waals surface area (Å²) in [6.07, 6.45) is 8.16. The maximum atomic E-state index is 14.2. The number of aliphatic hydroxyl groups excluding tert-OH is 1. The standard InChI is InChI=1S/C27H43N3O4S/c1-6-11-19(5)29(16-9-4)26(34)23-27-13-12-20(35-27)21(24(32)28(14-7-2)15-8-3)22(27)25(33)30(23)17-10-18-31/h7,9,19-23,31H,2,4,6,8,10-18H2,1,3,5H3/t19?,20-,21+,22+,23?,27?/m1/s1. The molecule has 3 aliphatic heterocycles. The van der Waals surface area contributed by atoms with Gasteiger partial charge in [0.15, 0.2) is 0 Å². The van der Waals surface area contributed by atoms with Gasteiger partial charge in [0.2, 0.25) is 17.7 Å². The van der Waals surface area contributed by atoms with Gasteiger partial charge in [0.05, 0.1) is 16.6 Å². The minimum absolute atomic E-state index is 0.0154. The topological polar surface area (TPSA) is 81.2 Å². The number of likely N-dealkylation sites (tertiary alicyclic amines) is 1. The smallest absolute Gasteiger partial charge is 0.247 e. The van der Waals surface area contributed by atoms with Gasteiger partial charge in [0.1, 0.15) is 6.04 Å². The molecule has 196 valence electrons. The number of carbonyl (C=O) groups is 3. The number of nitrogens with zero attached hydrogens (tertiary/aromatic N) is 3. The highest BCUT2D eigenvalue weighted by Crippen LogP contribution is 2.66. The normalized spacial score (nSPS) is 29.7. The lowest BCUT2D eigenvalue weighted by atomic mass is 9.70. The summed E-state index contributed by atoms with van der Waals surface area (Å²) in [7, 11) is 0. The maximum absolute atomic E-state index is 14.2. The molecule has 3 heterocycles. The van der Waals surface area contributed by atoms with Crippen LogP contribution in [0.15, 0.2) is 25.3 Å². The summed E-state index contributed by atoms with van der Waals surface area (Å²) in [4.78, 5) is 47.3. The third-order valence-electron chi connectivity index (χ3n) is 7.88. The molecule has 1 N–H and O–H groups in total. The van der Waals surface area contributed by atoms with Crippen molar-refractivity contribution in [2.45, 2.75) is 81.4 Å². The Kier molecular flexibility index (Phi) is 9.49. The van der Waals surface area contributed by atoms with Crippen molar-refractivity contribution in [1.82, 2.24) is 14.7 Å². The Morgan fingerprint density at radius 3 is 2.54 bits per heavy atom. The van der Waals surface area contributed by atoms with Gasteiger partial charge >= 0.3 is 0 Å². The average molecular weight is 506 g/mol. The maximum Gasteiger partial charge on any atom is 0.247 e. The second-order valence-electron chi connectivity index (χ2n) is 10.2. The van der Waals surface area contributed by atoms with Gasteiger partial charge in [0, 0.05) is 44.1 Å². The Labute approximate surface area is 215 Å². The van der Waals surface area contributed by atoms with Crippen LogP contribution in [0.25, 0.3) is 0 Å². The van der Waals surface area contributed by atoms with Crippen molar-refractivity contribution in [2.24, 2.45) is 11.8 Å². The predicted molar refractivity (Wildman–Crippen MR) is 141 cm³/mol. The van der Waals surface area contributed by atoms with Gasteiger partial charge < -0.3 is 19.8 Å².